The molecule has 0 bridgehead atoms. The first-order valence-electron chi connectivity index (χ1n) is 9.67. The molecular weight excluding hydrogens is 390 g/mol. The van der Waals surface area contributed by atoms with Crippen molar-refractivity contribution in [3.63, 3.8) is 0 Å². The fraction of sp³-hybridized carbons (Fsp3) is 0.381. The Hall–Kier alpha value is -2.42. The van der Waals surface area contributed by atoms with E-state index in [4.69, 9.17) is 4.74 Å². The van der Waals surface area contributed by atoms with Crippen molar-refractivity contribution in [2.24, 2.45) is 0 Å². The molecule has 0 radical (unpaired) electrons. The number of likely N-dealkylation sites (tertiary alicyclic amines) is 1. The van der Waals surface area contributed by atoms with Crippen LogP contribution in [0.25, 0.3) is 0 Å². The van der Waals surface area contributed by atoms with Gasteiger partial charge in [-0.2, -0.15) is 0 Å². The van der Waals surface area contributed by atoms with Gasteiger partial charge in [0.25, 0.3) is 5.91 Å². The molecular formula is C21H27N3O4S. The molecule has 1 saturated heterocycles. The summed E-state index contributed by atoms with van der Waals surface area (Å²) < 4.78 is 31.8. The second kappa shape index (κ2) is 9.39. The average molecular weight is 418 g/mol. The highest BCUT2D eigenvalue weighted by Crippen LogP contribution is 2.25. The van der Waals surface area contributed by atoms with E-state index < -0.39 is 10.0 Å². The van der Waals surface area contributed by atoms with Crippen LogP contribution in [-0.2, 0) is 16.6 Å². The lowest BCUT2D eigenvalue weighted by molar-refractivity contribution is 0.102. The van der Waals surface area contributed by atoms with Crippen molar-refractivity contribution in [3.8, 4) is 5.75 Å². The molecule has 1 aliphatic heterocycles. The number of ether oxygens (including phenoxy) is 1. The molecule has 0 unspecified atom stereocenters. The minimum absolute atomic E-state index is 0.0750. The van der Waals surface area contributed by atoms with E-state index in [2.05, 4.69) is 21.0 Å². The zero-order valence-corrected chi connectivity index (χ0v) is 17.6. The Kier molecular flexibility index (Phi) is 6.89. The second-order valence-corrected chi connectivity index (χ2v) is 8.92. The number of hydrogen-bond donors (Lipinski definition) is 2. The first-order valence-corrected chi connectivity index (χ1v) is 11.2. The predicted molar refractivity (Wildman–Crippen MR) is 113 cm³/mol. The third-order valence-electron chi connectivity index (χ3n) is 5.02. The third-order valence-corrected chi connectivity index (χ3v) is 6.46. The Morgan fingerprint density at radius 2 is 1.86 bits per heavy atom. The van der Waals surface area contributed by atoms with E-state index in [1.807, 2.05) is 18.2 Å². The highest BCUT2D eigenvalue weighted by atomic mass is 32.2. The summed E-state index contributed by atoms with van der Waals surface area (Å²) >= 11 is 0. The molecule has 7 nitrogen and oxygen atoms in total. The molecule has 0 atom stereocenters. The lowest BCUT2D eigenvalue weighted by Gasteiger charge is -2.26. The Bertz CT molecular complexity index is 970. The number of nitrogens with one attached hydrogen (secondary N) is 2. The third kappa shape index (κ3) is 5.35. The van der Waals surface area contributed by atoms with Gasteiger partial charge in [-0.05, 0) is 68.9 Å². The van der Waals surface area contributed by atoms with Gasteiger partial charge >= 0.3 is 0 Å². The topological polar surface area (TPSA) is 87.7 Å². The van der Waals surface area contributed by atoms with Crippen LogP contribution in [0.15, 0.2) is 47.4 Å². The first-order chi connectivity index (χ1) is 13.9. The van der Waals surface area contributed by atoms with Gasteiger partial charge in [-0.1, -0.05) is 18.6 Å². The van der Waals surface area contributed by atoms with Gasteiger partial charge in [0, 0.05) is 17.8 Å². The number of methoxy groups -OCH3 is 1. The van der Waals surface area contributed by atoms with Gasteiger partial charge in [0.05, 0.1) is 7.11 Å². The van der Waals surface area contributed by atoms with E-state index in [0.29, 0.717) is 5.69 Å². The van der Waals surface area contributed by atoms with E-state index in [1.165, 1.54) is 45.6 Å². The standard InChI is InChI=1S/C21H27N3O4S/c1-22-29(26,27)20-14-17(9-10-19(20)28-2)21(25)23-18-8-6-7-16(13-18)15-24-11-4-3-5-12-24/h6-10,13-14,22H,3-5,11-12,15H2,1-2H3,(H,23,25). The lowest BCUT2D eigenvalue weighted by atomic mass is 10.1. The van der Waals surface area contributed by atoms with Crippen LogP contribution in [0.3, 0.4) is 0 Å². The molecule has 1 amide bonds. The maximum absolute atomic E-state index is 12.7. The van der Waals surface area contributed by atoms with Crippen LogP contribution in [0, 0.1) is 0 Å². The van der Waals surface area contributed by atoms with Crippen molar-refractivity contribution in [1.29, 1.82) is 0 Å². The molecule has 2 aromatic rings. The molecule has 1 heterocycles. The number of amides is 1. The number of carbonyl (C=O) groups is 1. The maximum atomic E-state index is 12.7. The monoisotopic (exact) mass is 417 g/mol. The van der Waals surface area contributed by atoms with Gasteiger partial charge in [0.2, 0.25) is 10.0 Å². The number of sulfonamides is 1. The quantitative estimate of drug-likeness (QED) is 0.723. The fourth-order valence-electron chi connectivity index (χ4n) is 3.46. The van der Waals surface area contributed by atoms with Crippen molar-refractivity contribution in [3.05, 3.63) is 53.6 Å². The Morgan fingerprint density at radius 3 is 2.55 bits per heavy atom. The molecule has 3 rings (SSSR count). The minimum Gasteiger partial charge on any atom is -0.495 e. The van der Waals surface area contributed by atoms with Crippen LogP contribution in [0.1, 0.15) is 35.2 Å². The minimum atomic E-state index is -3.75. The number of hydrogen-bond acceptors (Lipinski definition) is 5. The van der Waals surface area contributed by atoms with Gasteiger partial charge in [-0.15, -0.1) is 0 Å². The summed E-state index contributed by atoms with van der Waals surface area (Å²) in [4.78, 5) is 15.0. The Balaban J connectivity index is 1.76. The number of benzene rings is 2. The van der Waals surface area contributed by atoms with Crippen LogP contribution in [-0.4, -0.2) is 46.5 Å². The Morgan fingerprint density at radius 1 is 1.10 bits per heavy atom. The number of rotatable bonds is 7. The molecule has 1 aliphatic rings. The molecule has 0 aromatic heterocycles. The van der Waals surface area contributed by atoms with E-state index in [1.54, 1.807) is 6.07 Å². The predicted octanol–water partition coefficient (Wildman–Crippen LogP) is 2.84. The van der Waals surface area contributed by atoms with E-state index in [9.17, 15) is 13.2 Å². The zero-order chi connectivity index (χ0) is 20.9. The Labute approximate surface area is 172 Å². The molecule has 29 heavy (non-hydrogen) atoms. The molecule has 2 N–H and O–H groups in total. The SMILES string of the molecule is CNS(=O)(=O)c1cc(C(=O)Nc2cccc(CN3CCCCC3)c2)ccc1OC. The molecule has 0 saturated carbocycles. The number of carbonyl (C=O) groups excluding carboxylic acids is 1. The highest BCUT2D eigenvalue weighted by Gasteiger charge is 2.20. The molecule has 2 aromatic carbocycles. The average Bonchev–Trinajstić information content (AvgIpc) is 2.74. The van der Waals surface area contributed by atoms with E-state index >= 15 is 0 Å². The van der Waals surface area contributed by atoms with Gasteiger partial charge in [0.15, 0.2) is 0 Å². The van der Waals surface area contributed by atoms with Gasteiger partial charge < -0.3 is 10.1 Å². The fourth-order valence-corrected chi connectivity index (χ4v) is 4.38. The van der Waals surface area contributed by atoms with Gasteiger partial charge in [-0.3, -0.25) is 9.69 Å². The van der Waals surface area contributed by atoms with Crippen molar-refractivity contribution >= 4 is 21.6 Å². The molecule has 0 spiro atoms. The lowest BCUT2D eigenvalue weighted by Crippen LogP contribution is -2.29. The van der Waals surface area contributed by atoms with Gasteiger partial charge in [-0.25, -0.2) is 13.1 Å². The van der Waals surface area contributed by atoms with Crippen LogP contribution in [0.2, 0.25) is 0 Å². The molecule has 156 valence electrons. The van der Waals surface area contributed by atoms with Crippen molar-refractivity contribution in [1.82, 2.24) is 9.62 Å². The normalized spacial score (nSPS) is 15.1. The summed E-state index contributed by atoms with van der Waals surface area (Å²) in [5.41, 5.74) is 2.05. The molecule has 1 fully saturated rings. The van der Waals surface area contributed by atoms with E-state index in [-0.39, 0.29) is 22.1 Å². The summed E-state index contributed by atoms with van der Waals surface area (Å²) in [7, 11) is -1.05. The van der Waals surface area contributed by atoms with Crippen LogP contribution in [0.4, 0.5) is 5.69 Å². The van der Waals surface area contributed by atoms with Crippen LogP contribution < -0.4 is 14.8 Å². The summed E-state index contributed by atoms with van der Waals surface area (Å²) in [6, 6.07) is 12.1. The summed E-state index contributed by atoms with van der Waals surface area (Å²) in [5.74, 6) is -0.199. The first kappa shape index (κ1) is 21.3. The number of piperidine rings is 1. The largest absolute Gasteiger partial charge is 0.495 e. The molecule has 0 aliphatic carbocycles. The second-order valence-electron chi connectivity index (χ2n) is 7.06. The number of anilines is 1. The van der Waals surface area contributed by atoms with Crippen molar-refractivity contribution in [2.75, 3.05) is 32.6 Å². The zero-order valence-electron chi connectivity index (χ0n) is 16.8. The van der Waals surface area contributed by atoms with Crippen LogP contribution >= 0.6 is 0 Å². The number of nitrogens with zero attached hydrogens (tertiary/aromatic N) is 1. The maximum Gasteiger partial charge on any atom is 0.255 e. The van der Waals surface area contributed by atoms with Crippen molar-refractivity contribution < 1.29 is 17.9 Å². The molecule has 8 heteroatoms. The van der Waals surface area contributed by atoms with Crippen LogP contribution in [0.5, 0.6) is 5.75 Å². The van der Waals surface area contributed by atoms with Crippen molar-refractivity contribution in [2.45, 2.75) is 30.7 Å². The van der Waals surface area contributed by atoms with E-state index in [0.717, 1.165) is 25.2 Å². The highest BCUT2D eigenvalue weighted by molar-refractivity contribution is 7.89. The summed E-state index contributed by atoms with van der Waals surface area (Å²) in [6.45, 7) is 3.06. The van der Waals surface area contributed by atoms with Gasteiger partial charge in [0.1, 0.15) is 10.6 Å². The summed E-state index contributed by atoms with van der Waals surface area (Å²) in [6.07, 6.45) is 3.75. The smallest absolute Gasteiger partial charge is 0.255 e. The summed E-state index contributed by atoms with van der Waals surface area (Å²) in [5, 5.41) is 2.86.